The van der Waals surface area contributed by atoms with Gasteiger partial charge >= 0.3 is 0 Å². The molecule has 0 aliphatic heterocycles. The Labute approximate surface area is 90.7 Å². The van der Waals surface area contributed by atoms with Crippen molar-refractivity contribution in [2.45, 2.75) is 39.0 Å². The number of halogens is 1. The second kappa shape index (κ2) is 5.92. The summed E-state index contributed by atoms with van der Waals surface area (Å²) in [6.45, 7) is 2.19. The molecule has 0 radical (unpaired) electrons. The average molecular weight is 213 g/mol. The van der Waals surface area contributed by atoms with Crippen LogP contribution in [0.4, 0.5) is 0 Å². The first-order chi connectivity index (χ1) is 6.75. The summed E-state index contributed by atoms with van der Waals surface area (Å²) in [5.74, 6) is 0.328. The van der Waals surface area contributed by atoms with Crippen molar-refractivity contribution in [1.29, 1.82) is 0 Å². The lowest BCUT2D eigenvalue weighted by Crippen LogP contribution is -1.88. The van der Waals surface area contributed by atoms with Gasteiger partial charge in [-0.25, -0.2) is 0 Å². The average Bonchev–Trinajstić information content (AvgIpc) is 2.16. The van der Waals surface area contributed by atoms with E-state index < -0.39 is 0 Å². The second-order valence-corrected chi connectivity index (χ2v) is 3.96. The molecule has 0 aliphatic rings. The summed E-state index contributed by atoms with van der Waals surface area (Å²) < 4.78 is 0. The minimum atomic E-state index is 0.328. The SMILES string of the molecule is CCCCCCc1c(O)cccc1Cl. The van der Waals surface area contributed by atoms with Gasteiger partial charge in [-0.15, -0.1) is 0 Å². The maximum atomic E-state index is 9.56. The van der Waals surface area contributed by atoms with E-state index in [2.05, 4.69) is 6.92 Å². The predicted octanol–water partition coefficient (Wildman–Crippen LogP) is 4.17. The number of aromatic hydroxyl groups is 1. The summed E-state index contributed by atoms with van der Waals surface area (Å²) in [6, 6.07) is 5.30. The van der Waals surface area contributed by atoms with Crippen LogP contribution in [0.1, 0.15) is 38.2 Å². The highest BCUT2D eigenvalue weighted by Crippen LogP contribution is 2.26. The zero-order chi connectivity index (χ0) is 10.4. The molecule has 0 heterocycles. The fraction of sp³-hybridized carbons (Fsp3) is 0.500. The Balaban J connectivity index is 2.49. The van der Waals surface area contributed by atoms with E-state index in [9.17, 15) is 5.11 Å². The molecule has 0 spiro atoms. The molecule has 0 unspecified atom stereocenters. The van der Waals surface area contributed by atoms with Crippen molar-refractivity contribution in [3.8, 4) is 5.75 Å². The van der Waals surface area contributed by atoms with E-state index in [0.717, 1.165) is 18.4 Å². The topological polar surface area (TPSA) is 20.2 Å². The Morgan fingerprint density at radius 1 is 1.21 bits per heavy atom. The van der Waals surface area contributed by atoms with Crippen LogP contribution in [0, 0.1) is 0 Å². The zero-order valence-corrected chi connectivity index (χ0v) is 9.35. The van der Waals surface area contributed by atoms with Gasteiger partial charge in [-0.1, -0.05) is 43.9 Å². The van der Waals surface area contributed by atoms with E-state index in [1.165, 1.54) is 19.3 Å². The van der Waals surface area contributed by atoms with Crippen molar-refractivity contribution in [2.24, 2.45) is 0 Å². The molecule has 1 aromatic rings. The van der Waals surface area contributed by atoms with Crippen molar-refractivity contribution in [2.75, 3.05) is 0 Å². The van der Waals surface area contributed by atoms with Crippen molar-refractivity contribution in [3.63, 3.8) is 0 Å². The number of phenolic OH excluding ortho intramolecular Hbond substituents is 1. The van der Waals surface area contributed by atoms with Gasteiger partial charge in [-0.3, -0.25) is 0 Å². The third-order valence-corrected chi connectivity index (χ3v) is 2.73. The van der Waals surface area contributed by atoms with E-state index in [-0.39, 0.29) is 0 Å². The maximum absolute atomic E-state index is 9.56. The summed E-state index contributed by atoms with van der Waals surface area (Å²) in [5.41, 5.74) is 0.894. The zero-order valence-electron chi connectivity index (χ0n) is 8.59. The number of benzene rings is 1. The summed E-state index contributed by atoms with van der Waals surface area (Å²) in [5, 5.41) is 10.2. The molecule has 0 saturated heterocycles. The number of phenols is 1. The Morgan fingerprint density at radius 2 is 2.00 bits per heavy atom. The standard InChI is InChI=1S/C12H17ClO/c1-2-3-4-5-7-10-11(13)8-6-9-12(10)14/h6,8-9,14H,2-5,7H2,1H3. The normalized spacial score (nSPS) is 10.4. The minimum absolute atomic E-state index is 0.328. The van der Waals surface area contributed by atoms with Gasteiger partial charge in [0.15, 0.2) is 0 Å². The fourth-order valence-electron chi connectivity index (χ4n) is 1.52. The third kappa shape index (κ3) is 3.22. The molecule has 1 aromatic carbocycles. The van der Waals surface area contributed by atoms with Gasteiger partial charge in [0.05, 0.1) is 0 Å². The van der Waals surface area contributed by atoms with E-state index in [4.69, 9.17) is 11.6 Å². The Morgan fingerprint density at radius 3 is 2.64 bits per heavy atom. The summed E-state index contributed by atoms with van der Waals surface area (Å²) >= 11 is 5.98. The molecule has 1 N–H and O–H groups in total. The van der Waals surface area contributed by atoms with E-state index >= 15 is 0 Å². The van der Waals surface area contributed by atoms with Gasteiger partial charge < -0.3 is 5.11 Å². The highest BCUT2D eigenvalue weighted by molar-refractivity contribution is 6.31. The van der Waals surface area contributed by atoms with E-state index in [1.54, 1.807) is 12.1 Å². The molecular weight excluding hydrogens is 196 g/mol. The predicted molar refractivity (Wildman–Crippen MR) is 61.0 cm³/mol. The first kappa shape index (κ1) is 11.4. The molecule has 0 aromatic heterocycles. The largest absolute Gasteiger partial charge is 0.508 e. The van der Waals surface area contributed by atoms with Crippen LogP contribution in [0.25, 0.3) is 0 Å². The van der Waals surface area contributed by atoms with Crippen LogP contribution < -0.4 is 0 Å². The smallest absolute Gasteiger partial charge is 0.120 e. The summed E-state index contributed by atoms with van der Waals surface area (Å²) in [6.07, 6.45) is 5.68. The molecule has 1 nitrogen and oxygen atoms in total. The second-order valence-electron chi connectivity index (χ2n) is 3.55. The van der Waals surface area contributed by atoms with Crippen molar-refractivity contribution < 1.29 is 5.11 Å². The van der Waals surface area contributed by atoms with Crippen LogP contribution >= 0.6 is 11.6 Å². The number of unbranched alkanes of at least 4 members (excludes halogenated alkanes) is 3. The molecule has 0 aliphatic carbocycles. The summed E-state index contributed by atoms with van der Waals surface area (Å²) in [7, 11) is 0. The molecular formula is C12H17ClO. The third-order valence-electron chi connectivity index (χ3n) is 2.37. The molecule has 0 saturated carbocycles. The number of hydrogen-bond donors (Lipinski definition) is 1. The van der Waals surface area contributed by atoms with E-state index in [0.29, 0.717) is 10.8 Å². The van der Waals surface area contributed by atoms with Gasteiger partial charge in [0.25, 0.3) is 0 Å². The van der Waals surface area contributed by atoms with Crippen molar-refractivity contribution in [1.82, 2.24) is 0 Å². The molecule has 0 atom stereocenters. The van der Waals surface area contributed by atoms with Crippen LogP contribution in [-0.4, -0.2) is 5.11 Å². The molecule has 78 valence electrons. The minimum Gasteiger partial charge on any atom is -0.508 e. The lowest BCUT2D eigenvalue weighted by molar-refractivity contribution is 0.466. The fourth-order valence-corrected chi connectivity index (χ4v) is 1.79. The molecule has 1 rings (SSSR count). The summed E-state index contributed by atoms with van der Waals surface area (Å²) in [4.78, 5) is 0. The molecule has 0 amide bonds. The molecule has 0 fully saturated rings. The van der Waals surface area contributed by atoms with Crippen LogP contribution in [0.2, 0.25) is 5.02 Å². The van der Waals surface area contributed by atoms with Gasteiger partial charge in [-0.2, -0.15) is 0 Å². The molecule has 14 heavy (non-hydrogen) atoms. The van der Waals surface area contributed by atoms with Crippen molar-refractivity contribution in [3.05, 3.63) is 28.8 Å². The van der Waals surface area contributed by atoms with Gasteiger partial charge in [0.2, 0.25) is 0 Å². The maximum Gasteiger partial charge on any atom is 0.120 e. The molecule has 0 bridgehead atoms. The van der Waals surface area contributed by atoms with Gasteiger partial charge in [-0.05, 0) is 25.0 Å². The van der Waals surface area contributed by atoms with Crippen LogP contribution in [0.15, 0.2) is 18.2 Å². The first-order valence-corrected chi connectivity index (χ1v) is 5.60. The van der Waals surface area contributed by atoms with Crippen LogP contribution in [0.5, 0.6) is 5.75 Å². The van der Waals surface area contributed by atoms with Gasteiger partial charge in [0, 0.05) is 10.6 Å². The Bertz CT molecular complexity index is 263. The van der Waals surface area contributed by atoms with Crippen LogP contribution in [-0.2, 0) is 6.42 Å². The van der Waals surface area contributed by atoms with E-state index in [1.807, 2.05) is 6.07 Å². The first-order valence-electron chi connectivity index (χ1n) is 5.22. The Kier molecular flexibility index (Phi) is 4.81. The number of rotatable bonds is 5. The quantitative estimate of drug-likeness (QED) is 0.727. The molecule has 2 heteroatoms. The van der Waals surface area contributed by atoms with Crippen molar-refractivity contribution >= 4 is 11.6 Å². The van der Waals surface area contributed by atoms with Crippen LogP contribution in [0.3, 0.4) is 0 Å². The highest BCUT2D eigenvalue weighted by Gasteiger charge is 2.04. The van der Waals surface area contributed by atoms with Gasteiger partial charge in [0.1, 0.15) is 5.75 Å². The highest BCUT2D eigenvalue weighted by atomic mass is 35.5. The lowest BCUT2D eigenvalue weighted by atomic mass is 10.1. The lowest BCUT2D eigenvalue weighted by Gasteiger charge is -2.06. The number of hydrogen-bond acceptors (Lipinski definition) is 1. The Hall–Kier alpha value is -0.690. The monoisotopic (exact) mass is 212 g/mol.